The Hall–Kier alpha value is -2.51. The topological polar surface area (TPSA) is 56.6 Å². The summed E-state index contributed by atoms with van der Waals surface area (Å²) >= 11 is 1.54. The number of aromatic nitrogens is 1. The number of ketones is 1. The summed E-state index contributed by atoms with van der Waals surface area (Å²) in [5.41, 5.74) is 2.53. The first-order valence-corrected chi connectivity index (χ1v) is 7.66. The van der Waals surface area contributed by atoms with E-state index < -0.39 is 0 Å². The van der Waals surface area contributed by atoms with E-state index in [4.69, 9.17) is 0 Å². The Bertz CT molecular complexity index is 874. The highest BCUT2D eigenvalue weighted by Gasteiger charge is 2.18. The lowest BCUT2D eigenvalue weighted by atomic mass is 10.00. The van der Waals surface area contributed by atoms with E-state index in [0.717, 1.165) is 10.4 Å². The van der Waals surface area contributed by atoms with Gasteiger partial charge in [0.05, 0.1) is 11.6 Å². The van der Waals surface area contributed by atoms with E-state index in [0.29, 0.717) is 22.1 Å². The molecule has 3 nitrogen and oxygen atoms in total. The highest BCUT2D eigenvalue weighted by molar-refractivity contribution is 7.98. The number of nitrogens with zero attached hydrogens (tertiary/aromatic N) is 1. The fraction of sp³-hybridized carbons (Fsp3) is 0.0588. The molecule has 0 unspecified atom stereocenters. The second-order valence-electron chi connectivity index (χ2n) is 4.57. The van der Waals surface area contributed by atoms with Crippen LogP contribution >= 0.6 is 11.8 Å². The Labute approximate surface area is 126 Å². The number of benzene rings is 2. The van der Waals surface area contributed by atoms with Crippen molar-refractivity contribution in [2.45, 2.75) is 4.90 Å². The molecular formula is C17H12N2OS. The molecule has 3 aromatic rings. The van der Waals surface area contributed by atoms with Gasteiger partial charge in [0.15, 0.2) is 5.78 Å². The van der Waals surface area contributed by atoms with Crippen molar-refractivity contribution < 1.29 is 4.79 Å². The number of aromatic amines is 1. The Morgan fingerprint density at radius 3 is 2.71 bits per heavy atom. The normalized spacial score (nSPS) is 10.5. The molecule has 0 spiro atoms. The highest BCUT2D eigenvalue weighted by Crippen LogP contribution is 2.28. The van der Waals surface area contributed by atoms with E-state index in [-0.39, 0.29) is 5.78 Å². The Kier molecular flexibility index (Phi) is 3.51. The number of rotatable bonds is 3. The van der Waals surface area contributed by atoms with Gasteiger partial charge in [-0.05, 0) is 30.5 Å². The number of H-pyrrole nitrogens is 1. The number of nitrogens with one attached hydrogen (secondary N) is 1. The van der Waals surface area contributed by atoms with Crippen LogP contribution in [0.4, 0.5) is 0 Å². The van der Waals surface area contributed by atoms with Crippen LogP contribution in [-0.2, 0) is 0 Å². The van der Waals surface area contributed by atoms with E-state index in [1.54, 1.807) is 24.0 Å². The molecule has 1 N–H and O–H groups in total. The van der Waals surface area contributed by atoms with Crippen molar-refractivity contribution in [3.8, 4) is 6.07 Å². The van der Waals surface area contributed by atoms with Crippen LogP contribution in [0.5, 0.6) is 0 Å². The number of carbonyl (C=O) groups is 1. The van der Waals surface area contributed by atoms with Gasteiger partial charge in [-0.2, -0.15) is 5.26 Å². The first-order valence-electron chi connectivity index (χ1n) is 6.44. The quantitative estimate of drug-likeness (QED) is 0.586. The Morgan fingerprint density at radius 1 is 1.14 bits per heavy atom. The van der Waals surface area contributed by atoms with Gasteiger partial charge in [0, 0.05) is 33.1 Å². The number of nitriles is 1. The molecule has 1 heterocycles. The minimum absolute atomic E-state index is 0.0612. The summed E-state index contributed by atoms with van der Waals surface area (Å²) in [4.78, 5) is 16.8. The van der Waals surface area contributed by atoms with E-state index in [1.807, 2.05) is 42.7 Å². The van der Waals surface area contributed by atoms with Crippen molar-refractivity contribution in [1.29, 1.82) is 5.26 Å². The van der Waals surface area contributed by atoms with Gasteiger partial charge in [0.1, 0.15) is 0 Å². The lowest BCUT2D eigenvalue weighted by Gasteiger charge is -2.05. The van der Waals surface area contributed by atoms with Crippen LogP contribution in [-0.4, -0.2) is 17.0 Å². The summed E-state index contributed by atoms with van der Waals surface area (Å²) in [5, 5.41) is 9.95. The van der Waals surface area contributed by atoms with E-state index in [2.05, 4.69) is 11.1 Å². The molecule has 4 heteroatoms. The third kappa shape index (κ3) is 2.22. The predicted octanol–water partition coefficient (Wildman–Crippen LogP) is 3.99. The average Bonchev–Trinajstić information content (AvgIpc) is 2.98. The van der Waals surface area contributed by atoms with Gasteiger partial charge < -0.3 is 4.98 Å². The molecule has 102 valence electrons. The summed E-state index contributed by atoms with van der Waals surface area (Å²) in [6.07, 6.45) is 3.63. The maximum absolute atomic E-state index is 12.8. The monoisotopic (exact) mass is 292 g/mol. The Balaban J connectivity index is 2.22. The molecule has 0 atom stereocenters. The average molecular weight is 292 g/mol. The van der Waals surface area contributed by atoms with Gasteiger partial charge in [-0.1, -0.05) is 18.2 Å². The van der Waals surface area contributed by atoms with Crippen LogP contribution in [0.25, 0.3) is 10.9 Å². The summed E-state index contributed by atoms with van der Waals surface area (Å²) < 4.78 is 0. The van der Waals surface area contributed by atoms with Crippen LogP contribution < -0.4 is 0 Å². The zero-order valence-corrected chi connectivity index (χ0v) is 12.2. The van der Waals surface area contributed by atoms with Crippen molar-refractivity contribution in [3.05, 3.63) is 65.4 Å². The van der Waals surface area contributed by atoms with Crippen molar-refractivity contribution in [3.63, 3.8) is 0 Å². The van der Waals surface area contributed by atoms with Crippen molar-refractivity contribution in [1.82, 2.24) is 4.98 Å². The molecule has 0 bridgehead atoms. The van der Waals surface area contributed by atoms with Crippen LogP contribution in [0.2, 0.25) is 0 Å². The minimum atomic E-state index is -0.0612. The summed E-state index contributed by atoms with van der Waals surface area (Å²) in [6.45, 7) is 0. The first kappa shape index (κ1) is 13.5. The highest BCUT2D eigenvalue weighted by atomic mass is 32.2. The van der Waals surface area contributed by atoms with Gasteiger partial charge in [0.2, 0.25) is 0 Å². The van der Waals surface area contributed by atoms with Crippen LogP contribution in [0.1, 0.15) is 21.5 Å². The van der Waals surface area contributed by atoms with Gasteiger partial charge in [-0.15, -0.1) is 11.8 Å². The molecule has 0 aliphatic rings. The van der Waals surface area contributed by atoms with Crippen LogP contribution in [0, 0.1) is 11.3 Å². The zero-order chi connectivity index (χ0) is 14.8. The maximum atomic E-state index is 12.8. The molecule has 2 aromatic carbocycles. The van der Waals surface area contributed by atoms with Gasteiger partial charge in [0.25, 0.3) is 0 Å². The third-order valence-electron chi connectivity index (χ3n) is 3.42. The number of hydrogen-bond acceptors (Lipinski definition) is 3. The summed E-state index contributed by atoms with van der Waals surface area (Å²) in [7, 11) is 0. The molecule has 0 radical (unpaired) electrons. The standard InChI is InChI=1S/C17H12N2OS/c1-21-15-8-3-2-6-12(15)17(20)13-10-19-14-7-4-5-11(9-18)16(13)14/h2-8,10,19H,1H3. The molecule has 0 saturated heterocycles. The number of fused-ring (bicyclic) bond motifs is 1. The van der Waals surface area contributed by atoms with Crippen LogP contribution in [0.15, 0.2) is 53.6 Å². The van der Waals surface area contributed by atoms with Crippen molar-refractivity contribution in [2.24, 2.45) is 0 Å². The van der Waals surface area contributed by atoms with E-state index >= 15 is 0 Å². The molecule has 0 aliphatic carbocycles. The van der Waals surface area contributed by atoms with Crippen LogP contribution in [0.3, 0.4) is 0 Å². The predicted molar refractivity (Wildman–Crippen MR) is 84.7 cm³/mol. The molecule has 0 amide bonds. The second-order valence-corrected chi connectivity index (χ2v) is 5.42. The lowest BCUT2D eigenvalue weighted by Crippen LogP contribution is -2.02. The minimum Gasteiger partial charge on any atom is -0.360 e. The SMILES string of the molecule is CSc1ccccc1C(=O)c1c[nH]c2cccc(C#N)c12. The number of hydrogen-bond donors (Lipinski definition) is 1. The third-order valence-corrected chi connectivity index (χ3v) is 4.22. The fourth-order valence-electron chi connectivity index (χ4n) is 2.43. The van der Waals surface area contributed by atoms with Gasteiger partial charge >= 0.3 is 0 Å². The lowest BCUT2D eigenvalue weighted by molar-refractivity contribution is 0.103. The fourth-order valence-corrected chi connectivity index (χ4v) is 3.03. The molecule has 1 aromatic heterocycles. The van der Waals surface area contributed by atoms with Gasteiger partial charge in [-0.25, -0.2) is 0 Å². The second kappa shape index (κ2) is 5.47. The summed E-state index contributed by atoms with van der Waals surface area (Å²) in [5.74, 6) is -0.0612. The Morgan fingerprint density at radius 2 is 1.95 bits per heavy atom. The molecular weight excluding hydrogens is 280 g/mol. The first-order chi connectivity index (χ1) is 10.3. The molecule has 21 heavy (non-hydrogen) atoms. The maximum Gasteiger partial charge on any atom is 0.196 e. The largest absolute Gasteiger partial charge is 0.360 e. The summed E-state index contributed by atoms with van der Waals surface area (Å²) in [6, 6.07) is 15.1. The smallest absolute Gasteiger partial charge is 0.196 e. The van der Waals surface area contributed by atoms with Crippen molar-refractivity contribution in [2.75, 3.05) is 6.26 Å². The van der Waals surface area contributed by atoms with E-state index in [9.17, 15) is 10.1 Å². The van der Waals surface area contributed by atoms with Gasteiger partial charge in [-0.3, -0.25) is 4.79 Å². The number of thioether (sulfide) groups is 1. The number of carbonyl (C=O) groups excluding carboxylic acids is 1. The van der Waals surface area contributed by atoms with E-state index in [1.165, 1.54) is 0 Å². The molecule has 3 rings (SSSR count). The molecule has 0 fully saturated rings. The molecule has 0 saturated carbocycles. The van der Waals surface area contributed by atoms with Crippen molar-refractivity contribution >= 4 is 28.4 Å². The molecule has 0 aliphatic heterocycles. The zero-order valence-electron chi connectivity index (χ0n) is 11.4.